The fourth-order valence-corrected chi connectivity index (χ4v) is 3.48. The molecular weight excluding hydrogens is 304 g/mol. The van der Waals surface area contributed by atoms with Crippen LogP contribution in [-0.2, 0) is 16.0 Å². The zero-order valence-corrected chi connectivity index (χ0v) is 14.6. The van der Waals surface area contributed by atoms with Gasteiger partial charge >= 0.3 is 0 Å². The molecule has 1 atom stereocenters. The van der Waals surface area contributed by atoms with Gasteiger partial charge in [-0.1, -0.05) is 6.92 Å². The maximum Gasteiger partial charge on any atom is 0.236 e. The van der Waals surface area contributed by atoms with Crippen molar-refractivity contribution in [1.29, 1.82) is 0 Å². The van der Waals surface area contributed by atoms with E-state index >= 15 is 0 Å². The molecule has 2 aliphatic heterocycles. The van der Waals surface area contributed by atoms with Crippen molar-refractivity contribution < 1.29 is 9.53 Å². The number of carbonyl (C=O) groups excluding carboxylic acids is 1. The molecule has 2 saturated heterocycles. The van der Waals surface area contributed by atoms with E-state index in [4.69, 9.17) is 4.74 Å². The second-order valence-electron chi connectivity index (χ2n) is 7.14. The van der Waals surface area contributed by atoms with Crippen molar-refractivity contribution in [1.82, 2.24) is 19.8 Å². The van der Waals surface area contributed by atoms with Gasteiger partial charge in [0.25, 0.3) is 0 Å². The normalized spacial score (nSPS) is 23.9. The summed E-state index contributed by atoms with van der Waals surface area (Å²) in [4.78, 5) is 25.2. The van der Waals surface area contributed by atoms with E-state index in [2.05, 4.69) is 21.8 Å². The highest BCUT2D eigenvalue weighted by molar-refractivity contribution is 5.78. The van der Waals surface area contributed by atoms with E-state index in [1.807, 2.05) is 11.0 Å². The quantitative estimate of drug-likeness (QED) is 0.830. The monoisotopic (exact) mass is 332 g/mol. The average molecular weight is 332 g/mol. The SMILES string of the molecule is CC1CCN(CC(=O)N2CCOC[C@@H](Cc3ccncn3)C2)CC1. The van der Waals surface area contributed by atoms with Crippen molar-refractivity contribution in [2.75, 3.05) is 45.9 Å². The Kier molecular flexibility index (Phi) is 6.15. The number of hydrogen-bond acceptors (Lipinski definition) is 5. The number of hydrogen-bond donors (Lipinski definition) is 0. The third-order valence-electron chi connectivity index (χ3n) is 5.07. The van der Waals surface area contributed by atoms with Crippen LogP contribution in [0, 0.1) is 11.8 Å². The Labute approximate surface area is 144 Å². The van der Waals surface area contributed by atoms with E-state index < -0.39 is 0 Å². The third-order valence-corrected chi connectivity index (χ3v) is 5.07. The van der Waals surface area contributed by atoms with Crippen molar-refractivity contribution >= 4 is 5.91 Å². The van der Waals surface area contributed by atoms with Crippen LogP contribution in [0.15, 0.2) is 18.6 Å². The number of nitrogens with zero attached hydrogens (tertiary/aromatic N) is 4. The van der Waals surface area contributed by atoms with Crippen molar-refractivity contribution in [2.24, 2.45) is 11.8 Å². The van der Waals surface area contributed by atoms with Gasteiger partial charge in [-0.25, -0.2) is 9.97 Å². The molecule has 0 aliphatic carbocycles. The van der Waals surface area contributed by atoms with Gasteiger partial charge < -0.3 is 9.64 Å². The average Bonchev–Trinajstić information content (AvgIpc) is 2.83. The minimum atomic E-state index is 0.239. The summed E-state index contributed by atoms with van der Waals surface area (Å²) in [5.74, 6) is 1.33. The molecule has 2 aliphatic rings. The largest absolute Gasteiger partial charge is 0.379 e. The summed E-state index contributed by atoms with van der Waals surface area (Å²) in [6, 6.07) is 1.94. The lowest BCUT2D eigenvalue weighted by Gasteiger charge is -2.32. The van der Waals surface area contributed by atoms with E-state index in [0.29, 0.717) is 32.2 Å². The molecule has 1 aromatic rings. The Hall–Kier alpha value is -1.53. The number of carbonyl (C=O) groups is 1. The number of rotatable bonds is 4. The first-order valence-corrected chi connectivity index (χ1v) is 9.03. The molecule has 24 heavy (non-hydrogen) atoms. The molecule has 1 aromatic heterocycles. The van der Waals surface area contributed by atoms with Crippen molar-refractivity contribution in [3.8, 4) is 0 Å². The summed E-state index contributed by atoms with van der Waals surface area (Å²) in [5.41, 5.74) is 1.01. The maximum absolute atomic E-state index is 12.7. The van der Waals surface area contributed by atoms with Gasteiger partial charge in [0.05, 0.1) is 19.8 Å². The molecule has 1 amide bonds. The number of piperidine rings is 1. The van der Waals surface area contributed by atoms with Crippen LogP contribution in [0.4, 0.5) is 0 Å². The Morgan fingerprint density at radius 2 is 2.17 bits per heavy atom. The first-order chi connectivity index (χ1) is 11.7. The number of aromatic nitrogens is 2. The molecule has 0 unspecified atom stereocenters. The van der Waals surface area contributed by atoms with E-state index in [9.17, 15) is 4.79 Å². The maximum atomic E-state index is 12.7. The van der Waals surface area contributed by atoms with Crippen molar-refractivity contribution in [3.63, 3.8) is 0 Å². The Bertz CT molecular complexity index is 517. The van der Waals surface area contributed by atoms with Gasteiger partial charge in [0.2, 0.25) is 5.91 Å². The zero-order valence-electron chi connectivity index (χ0n) is 14.6. The molecule has 0 N–H and O–H groups in total. The van der Waals surface area contributed by atoms with Crippen LogP contribution in [0.2, 0.25) is 0 Å². The van der Waals surface area contributed by atoms with Gasteiger partial charge in [-0.3, -0.25) is 9.69 Å². The molecule has 2 fully saturated rings. The van der Waals surface area contributed by atoms with Gasteiger partial charge in [-0.2, -0.15) is 0 Å². The zero-order chi connectivity index (χ0) is 16.8. The first kappa shape index (κ1) is 17.3. The van der Waals surface area contributed by atoms with Crippen LogP contribution in [0.5, 0.6) is 0 Å². The Balaban J connectivity index is 1.53. The summed E-state index contributed by atoms with van der Waals surface area (Å²) in [7, 11) is 0. The summed E-state index contributed by atoms with van der Waals surface area (Å²) in [6.45, 7) is 7.70. The van der Waals surface area contributed by atoms with Crippen LogP contribution < -0.4 is 0 Å². The molecule has 132 valence electrons. The molecule has 0 aromatic carbocycles. The van der Waals surface area contributed by atoms with Gasteiger partial charge in [0.15, 0.2) is 0 Å². The fourth-order valence-electron chi connectivity index (χ4n) is 3.48. The lowest BCUT2D eigenvalue weighted by Crippen LogP contribution is -2.45. The van der Waals surface area contributed by atoms with E-state index in [1.165, 1.54) is 12.8 Å². The molecule has 3 rings (SSSR count). The Morgan fingerprint density at radius 1 is 1.33 bits per heavy atom. The minimum absolute atomic E-state index is 0.239. The van der Waals surface area contributed by atoms with E-state index in [1.54, 1.807) is 12.5 Å². The van der Waals surface area contributed by atoms with Crippen LogP contribution in [0.1, 0.15) is 25.5 Å². The molecular formula is C18H28N4O2. The Morgan fingerprint density at radius 3 is 2.92 bits per heavy atom. The molecule has 3 heterocycles. The van der Waals surface area contributed by atoms with Gasteiger partial charge in [0, 0.05) is 30.9 Å². The van der Waals surface area contributed by atoms with Crippen molar-refractivity contribution in [2.45, 2.75) is 26.2 Å². The van der Waals surface area contributed by atoms with Crippen LogP contribution in [0.3, 0.4) is 0 Å². The standard InChI is InChI=1S/C18H28N4O2/c1-15-3-6-21(7-4-15)12-18(23)22-8-9-24-13-16(11-22)10-17-2-5-19-14-20-17/h2,5,14-16H,3-4,6-13H2,1H3/t16-/m0/s1. The van der Waals surface area contributed by atoms with Crippen LogP contribution in [-0.4, -0.2) is 71.6 Å². The van der Waals surface area contributed by atoms with Gasteiger partial charge in [-0.05, 0) is 44.3 Å². The molecule has 6 nitrogen and oxygen atoms in total. The van der Waals surface area contributed by atoms with Gasteiger partial charge in [0.1, 0.15) is 6.33 Å². The minimum Gasteiger partial charge on any atom is -0.379 e. The summed E-state index contributed by atoms with van der Waals surface area (Å²) < 4.78 is 5.71. The lowest BCUT2D eigenvalue weighted by molar-refractivity contribution is -0.133. The third kappa shape index (κ3) is 4.98. The summed E-state index contributed by atoms with van der Waals surface area (Å²) in [5, 5.41) is 0. The predicted octanol–water partition coefficient (Wildman–Crippen LogP) is 1.23. The number of likely N-dealkylation sites (tertiary alicyclic amines) is 1. The molecule has 0 spiro atoms. The summed E-state index contributed by atoms with van der Waals surface area (Å²) >= 11 is 0. The topological polar surface area (TPSA) is 58.6 Å². The molecule has 0 radical (unpaired) electrons. The first-order valence-electron chi connectivity index (χ1n) is 9.03. The number of amides is 1. The molecule has 0 saturated carbocycles. The van der Waals surface area contributed by atoms with E-state index in [-0.39, 0.29) is 5.91 Å². The van der Waals surface area contributed by atoms with Gasteiger partial charge in [-0.15, -0.1) is 0 Å². The second kappa shape index (κ2) is 8.53. The van der Waals surface area contributed by atoms with E-state index in [0.717, 1.165) is 37.7 Å². The fraction of sp³-hybridized carbons (Fsp3) is 0.722. The molecule has 0 bridgehead atoms. The number of ether oxygens (including phenoxy) is 1. The second-order valence-corrected chi connectivity index (χ2v) is 7.14. The van der Waals surface area contributed by atoms with Crippen LogP contribution in [0.25, 0.3) is 0 Å². The predicted molar refractivity (Wildman–Crippen MR) is 91.5 cm³/mol. The summed E-state index contributed by atoms with van der Waals surface area (Å²) in [6.07, 6.45) is 6.57. The van der Waals surface area contributed by atoms with Crippen LogP contribution >= 0.6 is 0 Å². The highest BCUT2D eigenvalue weighted by Gasteiger charge is 2.25. The van der Waals surface area contributed by atoms with Crippen molar-refractivity contribution in [3.05, 3.63) is 24.3 Å². The highest BCUT2D eigenvalue weighted by atomic mass is 16.5. The highest BCUT2D eigenvalue weighted by Crippen LogP contribution is 2.17. The lowest BCUT2D eigenvalue weighted by atomic mass is 9.99. The smallest absolute Gasteiger partial charge is 0.236 e. The molecule has 6 heteroatoms.